The Bertz CT molecular complexity index is 776. The van der Waals surface area contributed by atoms with E-state index in [1.54, 1.807) is 23.1 Å². The number of para-hydroxylation sites is 1. The standard InChI is InChI=1S/C19H26N4O3S/c1-14-13-27-19(20-14)21-17(24)12-23(11-7-10-22(2)3)18(25)15-8-5-6-9-16(15)26-4/h5-6,8-9,13H,7,10-12H2,1-4H3,(H,20,21,24). The zero-order chi connectivity index (χ0) is 19.8. The molecule has 0 spiro atoms. The Morgan fingerprint density at radius 3 is 2.59 bits per heavy atom. The average Bonchev–Trinajstić information content (AvgIpc) is 3.04. The second-order valence-electron chi connectivity index (χ2n) is 6.43. The fourth-order valence-corrected chi connectivity index (χ4v) is 3.27. The number of thiazole rings is 1. The van der Waals surface area contributed by atoms with E-state index in [9.17, 15) is 9.59 Å². The number of carbonyl (C=O) groups is 2. The van der Waals surface area contributed by atoms with Crippen LogP contribution in [0.4, 0.5) is 5.13 Å². The topological polar surface area (TPSA) is 74.8 Å². The number of methoxy groups -OCH3 is 1. The summed E-state index contributed by atoms with van der Waals surface area (Å²) < 4.78 is 5.30. The molecule has 0 aliphatic carbocycles. The maximum Gasteiger partial charge on any atom is 0.258 e. The molecular formula is C19H26N4O3S. The lowest BCUT2D eigenvalue weighted by atomic mass is 10.1. The summed E-state index contributed by atoms with van der Waals surface area (Å²) in [5.41, 5.74) is 1.30. The molecule has 146 valence electrons. The normalized spacial score (nSPS) is 10.7. The first kappa shape index (κ1) is 20.9. The van der Waals surface area contributed by atoms with E-state index in [0.717, 1.165) is 18.7 Å². The van der Waals surface area contributed by atoms with Crippen LogP contribution >= 0.6 is 11.3 Å². The maximum absolute atomic E-state index is 13.0. The lowest BCUT2D eigenvalue weighted by Crippen LogP contribution is -2.39. The van der Waals surface area contributed by atoms with Gasteiger partial charge in [0.15, 0.2) is 5.13 Å². The highest BCUT2D eigenvalue weighted by molar-refractivity contribution is 7.13. The highest BCUT2D eigenvalue weighted by Crippen LogP contribution is 2.20. The lowest BCUT2D eigenvalue weighted by Gasteiger charge is -2.23. The number of rotatable bonds is 9. The SMILES string of the molecule is COc1ccccc1C(=O)N(CCCN(C)C)CC(=O)Nc1nc(C)cs1. The van der Waals surface area contributed by atoms with Gasteiger partial charge in [-0.2, -0.15) is 0 Å². The number of nitrogens with one attached hydrogen (secondary N) is 1. The molecule has 2 rings (SSSR count). The highest BCUT2D eigenvalue weighted by atomic mass is 32.1. The van der Waals surface area contributed by atoms with Crippen LogP contribution in [0.2, 0.25) is 0 Å². The van der Waals surface area contributed by atoms with Crippen LogP contribution in [0.15, 0.2) is 29.6 Å². The van der Waals surface area contributed by atoms with Crippen LogP contribution in [0.25, 0.3) is 0 Å². The van der Waals surface area contributed by atoms with Crippen molar-refractivity contribution >= 4 is 28.3 Å². The summed E-state index contributed by atoms with van der Waals surface area (Å²) in [6.45, 7) is 3.12. The number of ether oxygens (including phenoxy) is 1. The zero-order valence-corrected chi connectivity index (χ0v) is 17.0. The summed E-state index contributed by atoms with van der Waals surface area (Å²) in [6.07, 6.45) is 0.761. The molecule has 0 fully saturated rings. The van der Waals surface area contributed by atoms with Crippen molar-refractivity contribution in [2.75, 3.05) is 46.2 Å². The van der Waals surface area contributed by atoms with Crippen LogP contribution in [0.5, 0.6) is 5.75 Å². The largest absolute Gasteiger partial charge is 0.496 e. The first-order valence-electron chi connectivity index (χ1n) is 8.69. The zero-order valence-electron chi connectivity index (χ0n) is 16.2. The number of hydrogen-bond donors (Lipinski definition) is 1. The Morgan fingerprint density at radius 2 is 1.96 bits per heavy atom. The van der Waals surface area contributed by atoms with Crippen LogP contribution in [0.1, 0.15) is 22.5 Å². The Kier molecular flexibility index (Phi) is 7.75. The summed E-state index contributed by atoms with van der Waals surface area (Å²) in [7, 11) is 5.48. The van der Waals surface area contributed by atoms with Crippen molar-refractivity contribution in [1.82, 2.24) is 14.8 Å². The Hall–Kier alpha value is -2.45. The van der Waals surface area contributed by atoms with Gasteiger partial charge in [0.05, 0.1) is 18.4 Å². The van der Waals surface area contributed by atoms with E-state index in [1.807, 2.05) is 37.4 Å². The molecule has 0 radical (unpaired) electrons. The van der Waals surface area contributed by atoms with Crippen molar-refractivity contribution in [1.29, 1.82) is 0 Å². The minimum absolute atomic E-state index is 0.0388. The Balaban J connectivity index is 2.11. The van der Waals surface area contributed by atoms with E-state index < -0.39 is 0 Å². The molecule has 1 N–H and O–H groups in total. The fourth-order valence-electron chi connectivity index (χ4n) is 2.57. The molecule has 0 bridgehead atoms. The number of anilines is 1. The van der Waals surface area contributed by atoms with E-state index in [0.29, 0.717) is 23.0 Å². The number of hydrogen-bond acceptors (Lipinski definition) is 6. The van der Waals surface area contributed by atoms with Crippen molar-refractivity contribution in [3.63, 3.8) is 0 Å². The van der Waals surface area contributed by atoms with Gasteiger partial charge in [0, 0.05) is 11.9 Å². The quantitative estimate of drug-likeness (QED) is 0.712. The Morgan fingerprint density at radius 1 is 1.22 bits per heavy atom. The van der Waals surface area contributed by atoms with E-state index >= 15 is 0 Å². The number of benzene rings is 1. The van der Waals surface area contributed by atoms with Gasteiger partial charge >= 0.3 is 0 Å². The Labute approximate surface area is 164 Å². The molecule has 0 aliphatic heterocycles. The molecule has 8 heteroatoms. The molecule has 1 aromatic carbocycles. The van der Waals surface area contributed by atoms with Crippen LogP contribution < -0.4 is 10.1 Å². The predicted octanol–water partition coefficient (Wildman–Crippen LogP) is 2.49. The van der Waals surface area contributed by atoms with E-state index in [-0.39, 0.29) is 18.4 Å². The molecule has 1 heterocycles. The third kappa shape index (κ3) is 6.33. The third-order valence-corrected chi connectivity index (χ3v) is 4.73. The van der Waals surface area contributed by atoms with Gasteiger partial charge in [-0.1, -0.05) is 12.1 Å². The molecule has 7 nitrogen and oxygen atoms in total. The van der Waals surface area contributed by atoms with Gasteiger partial charge in [0.1, 0.15) is 12.3 Å². The number of aryl methyl sites for hydroxylation is 1. The molecule has 2 amide bonds. The van der Waals surface area contributed by atoms with Gasteiger partial charge in [-0.25, -0.2) is 4.98 Å². The summed E-state index contributed by atoms with van der Waals surface area (Å²) in [5.74, 6) is 0.00481. The van der Waals surface area contributed by atoms with Crippen molar-refractivity contribution in [2.45, 2.75) is 13.3 Å². The van der Waals surface area contributed by atoms with Crippen LogP contribution in [-0.4, -0.2) is 67.4 Å². The minimum Gasteiger partial charge on any atom is -0.496 e. The number of carbonyl (C=O) groups excluding carboxylic acids is 2. The van der Waals surface area contributed by atoms with Crippen LogP contribution in [-0.2, 0) is 4.79 Å². The van der Waals surface area contributed by atoms with Gasteiger partial charge in [-0.05, 0) is 46.1 Å². The van der Waals surface area contributed by atoms with Gasteiger partial charge in [-0.15, -0.1) is 11.3 Å². The average molecular weight is 391 g/mol. The van der Waals surface area contributed by atoms with E-state index in [2.05, 4.69) is 10.3 Å². The first-order valence-corrected chi connectivity index (χ1v) is 9.57. The monoisotopic (exact) mass is 390 g/mol. The van der Waals surface area contributed by atoms with E-state index in [4.69, 9.17) is 4.74 Å². The van der Waals surface area contributed by atoms with Crippen LogP contribution in [0.3, 0.4) is 0 Å². The van der Waals surface area contributed by atoms with Gasteiger partial charge in [-0.3, -0.25) is 9.59 Å². The fraction of sp³-hybridized carbons (Fsp3) is 0.421. The molecule has 27 heavy (non-hydrogen) atoms. The van der Waals surface area contributed by atoms with Crippen molar-refractivity contribution < 1.29 is 14.3 Å². The molecule has 0 aliphatic rings. The number of amides is 2. The second kappa shape index (κ2) is 10.0. The van der Waals surface area contributed by atoms with Crippen molar-refractivity contribution in [2.24, 2.45) is 0 Å². The summed E-state index contributed by atoms with van der Waals surface area (Å²) in [6, 6.07) is 7.04. The molecular weight excluding hydrogens is 364 g/mol. The van der Waals surface area contributed by atoms with Gasteiger partial charge in [0.25, 0.3) is 5.91 Å². The molecule has 0 unspecified atom stereocenters. The lowest BCUT2D eigenvalue weighted by molar-refractivity contribution is -0.116. The predicted molar refractivity (Wildman–Crippen MR) is 108 cm³/mol. The van der Waals surface area contributed by atoms with Gasteiger partial charge in [0.2, 0.25) is 5.91 Å². The summed E-state index contributed by atoms with van der Waals surface area (Å²) in [5, 5.41) is 5.16. The molecule has 2 aromatic rings. The number of aromatic nitrogens is 1. The van der Waals surface area contributed by atoms with Crippen molar-refractivity contribution in [3.8, 4) is 5.75 Å². The second-order valence-corrected chi connectivity index (χ2v) is 7.28. The number of nitrogens with zero attached hydrogens (tertiary/aromatic N) is 3. The smallest absolute Gasteiger partial charge is 0.258 e. The van der Waals surface area contributed by atoms with E-state index in [1.165, 1.54) is 18.4 Å². The maximum atomic E-state index is 13.0. The molecule has 0 atom stereocenters. The summed E-state index contributed by atoms with van der Waals surface area (Å²) in [4.78, 5) is 33.3. The van der Waals surface area contributed by atoms with Crippen LogP contribution in [0, 0.1) is 6.92 Å². The molecule has 0 saturated heterocycles. The minimum atomic E-state index is -0.266. The third-order valence-electron chi connectivity index (χ3n) is 3.86. The molecule has 0 saturated carbocycles. The van der Waals surface area contributed by atoms with Crippen molar-refractivity contribution in [3.05, 3.63) is 40.9 Å². The van der Waals surface area contributed by atoms with Gasteiger partial charge < -0.3 is 19.9 Å². The molecule has 1 aromatic heterocycles. The first-order chi connectivity index (χ1) is 12.9. The summed E-state index contributed by atoms with van der Waals surface area (Å²) >= 11 is 1.36. The highest BCUT2D eigenvalue weighted by Gasteiger charge is 2.22.